The quantitative estimate of drug-likeness (QED) is 0.684. The number of anilines is 1. The summed E-state index contributed by atoms with van der Waals surface area (Å²) in [5, 5.41) is 1.70. The van der Waals surface area contributed by atoms with Gasteiger partial charge in [-0.25, -0.2) is 0 Å². The third-order valence-corrected chi connectivity index (χ3v) is 3.60. The molecule has 0 fully saturated rings. The summed E-state index contributed by atoms with van der Waals surface area (Å²) >= 11 is 11.9. The molecule has 0 aliphatic rings. The van der Waals surface area contributed by atoms with Crippen molar-refractivity contribution in [1.82, 2.24) is 4.98 Å². The van der Waals surface area contributed by atoms with Crippen molar-refractivity contribution in [3.8, 4) is 11.5 Å². The van der Waals surface area contributed by atoms with Crippen LogP contribution in [0, 0.1) is 0 Å². The van der Waals surface area contributed by atoms with Gasteiger partial charge in [0.1, 0.15) is 5.75 Å². The molecular weight excluding hydrogens is 295 g/mol. The third kappa shape index (κ3) is 2.38. The molecule has 0 spiro atoms. The second-order valence-electron chi connectivity index (χ2n) is 4.23. The molecule has 0 bridgehead atoms. The number of nitrogen functional groups attached to an aromatic ring is 1. The molecule has 1 aromatic heterocycles. The van der Waals surface area contributed by atoms with Gasteiger partial charge in [-0.1, -0.05) is 29.3 Å². The number of rotatable bonds is 2. The first-order valence-electron chi connectivity index (χ1n) is 5.91. The van der Waals surface area contributed by atoms with Crippen LogP contribution in [0.25, 0.3) is 10.9 Å². The molecule has 2 aromatic carbocycles. The molecule has 20 heavy (non-hydrogen) atoms. The Bertz CT molecular complexity index is 785. The number of nitrogens with two attached hydrogens (primary N) is 1. The van der Waals surface area contributed by atoms with Crippen molar-refractivity contribution in [3.05, 3.63) is 58.7 Å². The maximum atomic E-state index is 5.99. The van der Waals surface area contributed by atoms with Crippen LogP contribution in [0.2, 0.25) is 10.0 Å². The molecule has 2 N–H and O–H groups in total. The van der Waals surface area contributed by atoms with Crippen molar-refractivity contribution in [2.75, 3.05) is 5.73 Å². The molecule has 0 aliphatic carbocycles. The summed E-state index contributed by atoms with van der Waals surface area (Å²) in [7, 11) is 0. The van der Waals surface area contributed by atoms with Crippen molar-refractivity contribution < 1.29 is 4.74 Å². The Morgan fingerprint density at radius 2 is 1.75 bits per heavy atom. The number of halogens is 2. The molecule has 0 aliphatic heterocycles. The van der Waals surface area contributed by atoms with Gasteiger partial charge in [0.15, 0.2) is 5.75 Å². The summed E-state index contributed by atoms with van der Waals surface area (Å²) < 4.78 is 5.85. The second-order valence-corrected chi connectivity index (χ2v) is 5.05. The van der Waals surface area contributed by atoms with Crippen molar-refractivity contribution >= 4 is 39.8 Å². The summed E-state index contributed by atoms with van der Waals surface area (Å²) in [6.45, 7) is 0. The predicted octanol–water partition coefficient (Wildman–Crippen LogP) is 4.92. The van der Waals surface area contributed by atoms with E-state index in [0.717, 1.165) is 10.9 Å². The molecule has 0 saturated carbocycles. The first-order valence-corrected chi connectivity index (χ1v) is 6.67. The van der Waals surface area contributed by atoms with E-state index in [1.54, 1.807) is 18.3 Å². The Labute approximate surface area is 125 Å². The van der Waals surface area contributed by atoms with Crippen molar-refractivity contribution in [1.29, 1.82) is 0 Å². The van der Waals surface area contributed by atoms with Crippen molar-refractivity contribution in [3.63, 3.8) is 0 Å². The second kappa shape index (κ2) is 5.19. The van der Waals surface area contributed by atoms with Crippen LogP contribution in [0.4, 0.5) is 5.69 Å². The minimum absolute atomic E-state index is 0.397. The highest BCUT2D eigenvalue weighted by Gasteiger charge is 2.09. The lowest BCUT2D eigenvalue weighted by Crippen LogP contribution is -1.93. The Morgan fingerprint density at radius 3 is 2.60 bits per heavy atom. The van der Waals surface area contributed by atoms with Crippen LogP contribution in [-0.2, 0) is 0 Å². The molecule has 0 saturated heterocycles. The monoisotopic (exact) mass is 304 g/mol. The number of pyridine rings is 1. The molecule has 0 radical (unpaired) electrons. The molecule has 5 heteroatoms. The van der Waals surface area contributed by atoms with Crippen LogP contribution < -0.4 is 10.5 Å². The summed E-state index contributed by atoms with van der Waals surface area (Å²) in [6, 6.07) is 12.6. The number of aromatic nitrogens is 1. The number of fused-ring (bicyclic) bond motifs is 1. The van der Waals surface area contributed by atoms with Gasteiger partial charge in [-0.05, 0) is 30.3 Å². The molecule has 3 rings (SSSR count). The van der Waals surface area contributed by atoms with Crippen molar-refractivity contribution in [2.45, 2.75) is 0 Å². The molecule has 0 unspecified atom stereocenters. The van der Waals surface area contributed by atoms with Crippen molar-refractivity contribution in [2.24, 2.45) is 0 Å². The summed E-state index contributed by atoms with van der Waals surface area (Å²) in [4.78, 5) is 4.28. The van der Waals surface area contributed by atoms with Gasteiger partial charge in [0.2, 0.25) is 0 Å². The fraction of sp³-hybridized carbons (Fsp3) is 0. The van der Waals surface area contributed by atoms with E-state index in [1.165, 1.54) is 0 Å². The van der Waals surface area contributed by atoms with Crippen LogP contribution in [0.15, 0.2) is 48.7 Å². The van der Waals surface area contributed by atoms with E-state index in [4.69, 9.17) is 33.7 Å². The number of benzene rings is 2. The van der Waals surface area contributed by atoms with E-state index in [0.29, 0.717) is 27.2 Å². The van der Waals surface area contributed by atoms with Gasteiger partial charge >= 0.3 is 0 Å². The lowest BCUT2D eigenvalue weighted by Gasteiger charge is -2.11. The highest BCUT2D eigenvalue weighted by atomic mass is 35.5. The molecule has 0 atom stereocenters. The van der Waals surface area contributed by atoms with E-state index in [-0.39, 0.29) is 0 Å². The maximum absolute atomic E-state index is 5.99. The summed E-state index contributed by atoms with van der Waals surface area (Å²) in [6.07, 6.45) is 1.74. The van der Waals surface area contributed by atoms with E-state index in [2.05, 4.69) is 4.98 Å². The number of hydrogen-bond acceptors (Lipinski definition) is 3. The molecule has 1 heterocycles. The van der Waals surface area contributed by atoms with Gasteiger partial charge in [-0.2, -0.15) is 0 Å². The summed E-state index contributed by atoms with van der Waals surface area (Å²) in [5.74, 6) is 1.14. The zero-order valence-corrected chi connectivity index (χ0v) is 11.8. The van der Waals surface area contributed by atoms with Gasteiger partial charge in [-0.15, -0.1) is 0 Å². The number of ether oxygens (including phenoxy) is 1. The zero-order chi connectivity index (χ0) is 14.1. The smallest absolute Gasteiger partial charge is 0.151 e. The lowest BCUT2D eigenvalue weighted by molar-refractivity contribution is 0.491. The highest BCUT2D eigenvalue weighted by molar-refractivity contribution is 6.42. The van der Waals surface area contributed by atoms with E-state index < -0.39 is 0 Å². The Balaban J connectivity index is 2.08. The number of hydrogen-bond donors (Lipinski definition) is 1. The molecule has 3 nitrogen and oxygen atoms in total. The highest BCUT2D eigenvalue weighted by Crippen LogP contribution is 2.36. The van der Waals surface area contributed by atoms with E-state index in [9.17, 15) is 0 Å². The van der Waals surface area contributed by atoms with E-state index >= 15 is 0 Å². The average molecular weight is 305 g/mol. The molecular formula is C15H10Cl2N2O. The molecule has 100 valence electrons. The van der Waals surface area contributed by atoms with E-state index in [1.807, 2.05) is 30.3 Å². The SMILES string of the molecule is Nc1cc(Cl)c(Cl)cc1Oc1cccc2ncccc12. The Morgan fingerprint density at radius 1 is 0.950 bits per heavy atom. The first kappa shape index (κ1) is 13.0. The summed E-state index contributed by atoms with van der Waals surface area (Å²) in [5.41, 5.74) is 7.18. The number of nitrogens with zero attached hydrogens (tertiary/aromatic N) is 1. The maximum Gasteiger partial charge on any atom is 0.151 e. The van der Waals surface area contributed by atoms with Crippen LogP contribution in [0.3, 0.4) is 0 Å². The largest absolute Gasteiger partial charge is 0.454 e. The van der Waals surface area contributed by atoms with Gasteiger partial charge < -0.3 is 10.5 Å². The first-order chi connectivity index (χ1) is 9.65. The third-order valence-electron chi connectivity index (χ3n) is 2.88. The van der Waals surface area contributed by atoms with Crippen LogP contribution in [0.5, 0.6) is 11.5 Å². The van der Waals surface area contributed by atoms with Gasteiger partial charge in [0, 0.05) is 17.6 Å². The van der Waals surface area contributed by atoms with Gasteiger partial charge in [0.25, 0.3) is 0 Å². The van der Waals surface area contributed by atoms with Crippen LogP contribution in [0.1, 0.15) is 0 Å². The predicted molar refractivity (Wildman–Crippen MR) is 82.7 cm³/mol. The standard InChI is InChI=1S/C15H10Cl2N2O/c16-10-7-12(18)15(8-11(10)17)20-14-5-1-4-13-9(14)3-2-6-19-13/h1-8H,18H2. The zero-order valence-electron chi connectivity index (χ0n) is 10.3. The fourth-order valence-corrected chi connectivity index (χ4v) is 2.24. The minimum Gasteiger partial charge on any atom is -0.454 e. The Kier molecular flexibility index (Phi) is 3.38. The van der Waals surface area contributed by atoms with Gasteiger partial charge in [0.05, 0.1) is 21.2 Å². The van der Waals surface area contributed by atoms with Crippen LogP contribution in [-0.4, -0.2) is 4.98 Å². The Hall–Kier alpha value is -1.97. The normalized spacial score (nSPS) is 10.7. The molecule has 0 amide bonds. The van der Waals surface area contributed by atoms with Gasteiger partial charge in [-0.3, -0.25) is 4.98 Å². The average Bonchev–Trinajstić information content (AvgIpc) is 2.45. The fourth-order valence-electron chi connectivity index (χ4n) is 1.91. The lowest BCUT2D eigenvalue weighted by atomic mass is 10.2. The molecule has 3 aromatic rings. The van der Waals surface area contributed by atoms with Crippen LogP contribution >= 0.6 is 23.2 Å². The topological polar surface area (TPSA) is 48.1 Å². The minimum atomic E-state index is 0.397.